The molecule has 6 aromatic carbocycles. The van der Waals surface area contributed by atoms with E-state index in [1.54, 1.807) is 0 Å². The second-order valence-corrected chi connectivity index (χ2v) is 9.97. The lowest BCUT2D eigenvalue weighted by Gasteiger charge is -2.16. The quantitative estimate of drug-likeness (QED) is 0.221. The number of hydrogen-bond donors (Lipinski definition) is 0. The fourth-order valence-electron chi connectivity index (χ4n) is 5.74. The molecule has 0 atom stereocenters. The average molecular weight is 547 g/mol. The van der Waals surface area contributed by atoms with Crippen molar-refractivity contribution in [3.8, 4) is 33.8 Å². The molecule has 3 nitrogen and oxygen atoms in total. The molecule has 8 rings (SSSR count). The zero-order valence-electron chi connectivity index (χ0n) is 23.1. The SMILES string of the molecule is C=O.c1ccc(OC2c3ccccc3-c3ccccc32)cc1.c1ccc(OC2c3ccccc3-c3ccccc32)cc1. The number of carbonyl (C=O) groups is 1. The van der Waals surface area contributed by atoms with E-state index in [2.05, 4.69) is 97.1 Å². The molecular weight excluding hydrogens is 516 g/mol. The molecule has 0 heterocycles. The molecule has 3 heteroatoms. The van der Waals surface area contributed by atoms with Crippen LogP contribution < -0.4 is 9.47 Å². The molecule has 0 fully saturated rings. The Kier molecular flexibility index (Phi) is 7.91. The summed E-state index contributed by atoms with van der Waals surface area (Å²) in [6.45, 7) is 2.00. The first-order chi connectivity index (χ1) is 20.9. The van der Waals surface area contributed by atoms with Crippen molar-refractivity contribution in [3.05, 3.63) is 180 Å². The van der Waals surface area contributed by atoms with E-state index in [9.17, 15) is 0 Å². The van der Waals surface area contributed by atoms with E-state index in [1.165, 1.54) is 44.5 Å². The van der Waals surface area contributed by atoms with Gasteiger partial charge in [0.15, 0.2) is 12.2 Å². The van der Waals surface area contributed by atoms with Crippen molar-refractivity contribution in [3.63, 3.8) is 0 Å². The fraction of sp³-hybridized carbons (Fsp3) is 0.0513. The molecule has 6 aromatic rings. The van der Waals surface area contributed by atoms with Gasteiger partial charge in [0.25, 0.3) is 0 Å². The van der Waals surface area contributed by atoms with Crippen LogP contribution >= 0.6 is 0 Å². The summed E-state index contributed by atoms with van der Waals surface area (Å²) < 4.78 is 12.5. The Labute approximate surface area is 246 Å². The summed E-state index contributed by atoms with van der Waals surface area (Å²) >= 11 is 0. The van der Waals surface area contributed by atoms with Gasteiger partial charge in [-0.3, -0.25) is 0 Å². The zero-order chi connectivity index (χ0) is 28.7. The largest absolute Gasteiger partial charge is 0.481 e. The Balaban J connectivity index is 0.000000142. The molecule has 0 spiro atoms. The molecule has 0 saturated heterocycles. The molecule has 0 saturated carbocycles. The van der Waals surface area contributed by atoms with Crippen LogP contribution in [0.2, 0.25) is 0 Å². The van der Waals surface area contributed by atoms with Crippen LogP contribution in [-0.2, 0) is 4.79 Å². The van der Waals surface area contributed by atoms with Crippen LogP contribution in [0, 0.1) is 0 Å². The van der Waals surface area contributed by atoms with Crippen LogP contribution in [0.3, 0.4) is 0 Å². The van der Waals surface area contributed by atoms with Gasteiger partial charge in [-0.25, -0.2) is 0 Å². The number of ether oxygens (including phenoxy) is 2. The lowest BCUT2D eigenvalue weighted by molar-refractivity contribution is -0.0980. The monoisotopic (exact) mass is 546 g/mol. The second-order valence-electron chi connectivity index (χ2n) is 9.97. The Morgan fingerprint density at radius 1 is 0.333 bits per heavy atom. The summed E-state index contributed by atoms with van der Waals surface area (Å²) in [5.74, 6) is 1.81. The topological polar surface area (TPSA) is 35.5 Å². The van der Waals surface area contributed by atoms with Crippen molar-refractivity contribution < 1.29 is 14.3 Å². The Morgan fingerprint density at radius 3 is 0.857 bits per heavy atom. The van der Waals surface area contributed by atoms with E-state index in [-0.39, 0.29) is 12.2 Å². The van der Waals surface area contributed by atoms with Crippen LogP contribution in [-0.4, -0.2) is 6.79 Å². The normalized spacial score (nSPS) is 12.3. The van der Waals surface area contributed by atoms with Gasteiger partial charge in [0, 0.05) is 22.3 Å². The molecule has 0 bridgehead atoms. The average Bonchev–Trinajstić information content (AvgIpc) is 3.56. The highest BCUT2D eigenvalue weighted by atomic mass is 16.5. The molecule has 0 N–H and O–H groups in total. The number of para-hydroxylation sites is 2. The van der Waals surface area contributed by atoms with Crippen LogP contribution in [0.5, 0.6) is 11.5 Å². The minimum absolute atomic E-state index is 0.00944. The Bertz CT molecular complexity index is 1560. The summed E-state index contributed by atoms with van der Waals surface area (Å²) in [7, 11) is 0. The van der Waals surface area contributed by atoms with Crippen molar-refractivity contribution >= 4 is 6.79 Å². The van der Waals surface area contributed by atoms with Crippen LogP contribution in [0.25, 0.3) is 22.3 Å². The molecule has 0 aromatic heterocycles. The first kappa shape index (κ1) is 26.8. The number of carbonyl (C=O) groups excluding carboxylic acids is 1. The van der Waals surface area contributed by atoms with Gasteiger partial charge >= 0.3 is 0 Å². The van der Waals surface area contributed by atoms with Crippen LogP contribution in [0.15, 0.2) is 158 Å². The first-order valence-electron chi connectivity index (χ1n) is 14.0. The molecule has 0 aliphatic heterocycles. The van der Waals surface area contributed by atoms with Gasteiger partial charge in [0.1, 0.15) is 18.3 Å². The molecule has 0 radical (unpaired) electrons. The molecular formula is C39H30O3. The first-order valence-corrected chi connectivity index (χ1v) is 14.0. The van der Waals surface area contributed by atoms with E-state index in [0.717, 1.165) is 11.5 Å². The summed E-state index contributed by atoms with van der Waals surface area (Å²) in [6, 6.07) is 54.0. The van der Waals surface area contributed by atoms with Gasteiger partial charge in [0.2, 0.25) is 0 Å². The number of benzene rings is 6. The summed E-state index contributed by atoms with van der Waals surface area (Å²) in [5, 5.41) is 0. The van der Waals surface area contributed by atoms with Crippen LogP contribution in [0.1, 0.15) is 34.5 Å². The minimum atomic E-state index is -0.00944. The third-order valence-electron chi connectivity index (χ3n) is 7.55. The predicted molar refractivity (Wildman–Crippen MR) is 169 cm³/mol. The molecule has 0 unspecified atom stereocenters. The maximum absolute atomic E-state index is 8.00. The summed E-state index contributed by atoms with van der Waals surface area (Å²) in [6.07, 6.45) is -0.0189. The van der Waals surface area contributed by atoms with E-state index in [1.807, 2.05) is 67.5 Å². The van der Waals surface area contributed by atoms with Crippen molar-refractivity contribution in [1.82, 2.24) is 0 Å². The molecule has 2 aliphatic rings. The Morgan fingerprint density at radius 2 is 0.571 bits per heavy atom. The number of fused-ring (bicyclic) bond motifs is 6. The van der Waals surface area contributed by atoms with Gasteiger partial charge in [-0.15, -0.1) is 0 Å². The van der Waals surface area contributed by atoms with Crippen molar-refractivity contribution in [2.45, 2.75) is 12.2 Å². The summed E-state index contributed by atoms with van der Waals surface area (Å²) in [5.41, 5.74) is 10.1. The lowest BCUT2D eigenvalue weighted by Crippen LogP contribution is -2.05. The van der Waals surface area contributed by atoms with Crippen molar-refractivity contribution in [2.24, 2.45) is 0 Å². The maximum atomic E-state index is 8.00. The third-order valence-corrected chi connectivity index (χ3v) is 7.55. The highest BCUT2D eigenvalue weighted by Gasteiger charge is 2.30. The molecule has 0 amide bonds. The van der Waals surface area contributed by atoms with Gasteiger partial charge < -0.3 is 14.3 Å². The van der Waals surface area contributed by atoms with E-state index in [0.29, 0.717) is 0 Å². The highest BCUT2D eigenvalue weighted by molar-refractivity contribution is 5.79. The highest BCUT2D eigenvalue weighted by Crippen LogP contribution is 2.46. The minimum Gasteiger partial charge on any atom is -0.481 e. The fourth-order valence-corrected chi connectivity index (χ4v) is 5.74. The summed E-state index contributed by atoms with van der Waals surface area (Å²) in [4.78, 5) is 8.00. The number of rotatable bonds is 4. The Hall–Kier alpha value is -5.41. The zero-order valence-corrected chi connectivity index (χ0v) is 23.1. The van der Waals surface area contributed by atoms with Crippen molar-refractivity contribution in [2.75, 3.05) is 0 Å². The molecule has 2 aliphatic carbocycles. The lowest BCUT2D eigenvalue weighted by atomic mass is 10.1. The second kappa shape index (κ2) is 12.4. The number of hydrogen-bond acceptors (Lipinski definition) is 3. The van der Waals surface area contributed by atoms with E-state index >= 15 is 0 Å². The van der Waals surface area contributed by atoms with Crippen molar-refractivity contribution in [1.29, 1.82) is 0 Å². The smallest absolute Gasteiger partial charge is 0.150 e. The molecule has 204 valence electrons. The molecule has 42 heavy (non-hydrogen) atoms. The van der Waals surface area contributed by atoms with Gasteiger partial charge in [-0.1, -0.05) is 133 Å². The van der Waals surface area contributed by atoms with Crippen LogP contribution in [0.4, 0.5) is 0 Å². The predicted octanol–water partition coefficient (Wildman–Crippen LogP) is 9.49. The van der Waals surface area contributed by atoms with Gasteiger partial charge in [-0.05, 0) is 46.5 Å². The van der Waals surface area contributed by atoms with Gasteiger partial charge in [-0.2, -0.15) is 0 Å². The third kappa shape index (κ3) is 5.21. The standard InChI is InChI=1S/2C19H14O.CH2O/c2*1-2-8-14(9-3-1)20-19-17-12-6-4-10-15(17)16-11-5-7-13-18(16)19;1-2/h2*1-13,19H;1H2. The maximum Gasteiger partial charge on any atom is 0.150 e. The van der Waals surface area contributed by atoms with E-state index in [4.69, 9.17) is 14.3 Å². The van der Waals surface area contributed by atoms with Gasteiger partial charge in [0.05, 0.1) is 0 Å². The van der Waals surface area contributed by atoms with E-state index < -0.39 is 0 Å².